The van der Waals surface area contributed by atoms with Crippen molar-refractivity contribution in [1.82, 2.24) is 19.7 Å². The Morgan fingerprint density at radius 1 is 1.47 bits per heavy atom. The molecule has 0 amide bonds. The van der Waals surface area contributed by atoms with Gasteiger partial charge in [0, 0.05) is 19.4 Å². The smallest absolute Gasteiger partial charge is 0.241 e. The fourth-order valence-electron chi connectivity index (χ4n) is 1.11. The summed E-state index contributed by atoms with van der Waals surface area (Å²) < 4.78 is 1.65. The Kier molecular flexibility index (Phi) is 2.35. The largest absolute Gasteiger partial charge is 0.275 e. The fourth-order valence-corrected chi connectivity index (χ4v) is 1.28. The molecule has 2 rings (SSSR count). The van der Waals surface area contributed by atoms with E-state index in [4.69, 9.17) is 18.2 Å². The molecule has 2 aromatic heterocycles. The maximum Gasteiger partial charge on any atom is 0.241 e. The van der Waals surface area contributed by atoms with Crippen LogP contribution in [0.5, 0.6) is 0 Å². The first-order valence-electron chi connectivity index (χ1n) is 4.09. The van der Waals surface area contributed by atoms with Crippen molar-refractivity contribution in [3.05, 3.63) is 35.2 Å². The van der Waals surface area contributed by atoms with Gasteiger partial charge in [0.25, 0.3) is 0 Å². The van der Waals surface area contributed by atoms with Gasteiger partial charge in [-0.2, -0.15) is 5.10 Å². The number of aromatic nitrogens is 4. The Hall–Kier alpha value is -1.93. The first kappa shape index (κ1) is 9.62. The second-order valence-corrected chi connectivity index (χ2v) is 3.24. The molecule has 0 saturated carbocycles. The topological polar surface area (TPSA) is 48.0 Å². The molecule has 0 aliphatic rings. The van der Waals surface area contributed by atoms with E-state index in [0.717, 1.165) is 5.56 Å². The van der Waals surface area contributed by atoms with Crippen molar-refractivity contribution in [2.75, 3.05) is 0 Å². The summed E-state index contributed by atoms with van der Waals surface area (Å²) in [5.41, 5.74) is 1.03. The lowest BCUT2D eigenvalue weighted by Gasteiger charge is -1.97. The van der Waals surface area contributed by atoms with Gasteiger partial charge in [0.1, 0.15) is 5.15 Å². The molecule has 0 spiro atoms. The summed E-state index contributed by atoms with van der Waals surface area (Å²) in [6.07, 6.45) is 4.83. The third-order valence-electron chi connectivity index (χ3n) is 1.81. The van der Waals surface area contributed by atoms with E-state index in [1.807, 2.05) is 0 Å². The van der Waals surface area contributed by atoms with Crippen LogP contribution in [-0.4, -0.2) is 19.7 Å². The van der Waals surface area contributed by atoms with Gasteiger partial charge in [-0.25, -0.2) is 14.8 Å². The maximum absolute atomic E-state index is 6.81. The highest BCUT2D eigenvalue weighted by atomic mass is 35.5. The van der Waals surface area contributed by atoms with Gasteiger partial charge < -0.3 is 0 Å². The second kappa shape index (κ2) is 3.67. The van der Waals surface area contributed by atoms with Crippen molar-refractivity contribution in [3.63, 3.8) is 0 Å². The minimum atomic E-state index is 0.166. The van der Waals surface area contributed by atoms with Crippen molar-refractivity contribution >= 4 is 17.3 Å². The van der Waals surface area contributed by atoms with E-state index in [-0.39, 0.29) is 10.8 Å². The molecule has 6 heteroatoms. The molecular weight excluding hydrogens is 214 g/mol. The quantitative estimate of drug-likeness (QED) is 0.545. The molecule has 15 heavy (non-hydrogen) atoms. The van der Waals surface area contributed by atoms with E-state index in [9.17, 15) is 0 Å². The summed E-state index contributed by atoms with van der Waals surface area (Å²) in [4.78, 5) is 11.2. The van der Waals surface area contributed by atoms with Crippen LogP contribution >= 0.6 is 11.6 Å². The van der Waals surface area contributed by atoms with Crippen molar-refractivity contribution < 1.29 is 0 Å². The Labute approximate surface area is 91.2 Å². The van der Waals surface area contributed by atoms with E-state index < -0.39 is 0 Å². The van der Waals surface area contributed by atoms with Gasteiger partial charge in [-0.05, 0) is 0 Å². The molecular formula is C9H6ClN5. The Bertz CT molecular complexity index is 540. The zero-order valence-electron chi connectivity index (χ0n) is 7.85. The predicted molar refractivity (Wildman–Crippen MR) is 55.5 cm³/mol. The van der Waals surface area contributed by atoms with Crippen LogP contribution in [0.2, 0.25) is 5.15 Å². The SMILES string of the molecule is [C-]#[N+]c1cnc(-c2cnn(C)c2)nc1Cl. The van der Waals surface area contributed by atoms with Gasteiger partial charge >= 0.3 is 0 Å². The summed E-state index contributed by atoms with van der Waals surface area (Å²) in [6.45, 7) is 6.81. The third kappa shape index (κ3) is 1.80. The van der Waals surface area contributed by atoms with Crippen molar-refractivity contribution in [1.29, 1.82) is 0 Å². The minimum Gasteiger partial charge on any atom is -0.275 e. The van der Waals surface area contributed by atoms with E-state index in [1.54, 1.807) is 24.1 Å². The van der Waals surface area contributed by atoms with Crippen molar-refractivity contribution in [2.24, 2.45) is 7.05 Å². The molecule has 74 valence electrons. The Morgan fingerprint density at radius 3 is 2.80 bits per heavy atom. The van der Waals surface area contributed by atoms with Crippen LogP contribution in [0.25, 0.3) is 16.2 Å². The number of aryl methyl sites for hydroxylation is 1. The molecule has 0 fully saturated rings. The minimum absolute atomic E-state index is 0.166. The summed E-state index contributed by atoms with van der Waals surface area (Å²) >= 11 is 5.79. The average molecular weight is 220 g/mol. The maximum atomic E-state index is 6.81. The molecule has 0 N–H and O–H groups in total. The Morgan fingerprint density at radius 2 is 2.27 bits per heavy atom. The highest BCUT2D eigenvalue weighted by Crippen LogP contribution is 2.24. The zero-order valence-corrected chi connectivity index (χ0v) is 8.60. The molecule has 2 heterocycles. The van der Waals surface area contributed by atoms with Crippen LogP contribution < -0.4 is 0 Å². The van der Waals surface area contributed by atoms with E-state index in [0.29, 0.717) is 5.82 Å². The Balaban J connectivity index is 2.48. The molecule has 0 unspecified atom stereocenters. The molecule has 0 saturated heterocycles. The van der Waals surface area contributed by atoms with Gasteiger partial charge in [-0.3, -0.25) is 4.68 Å². The third-order valence-corrected chi connectivity index (χ3v) is 2.09. The predicted octanol–water partition coefficient (Wildman–Crippen LogP) is 2.08. The van der Waals surface area contributed by atoms with Gasteiger partial charge in [0.15, 0.2) is 5.82 Å². The molecule has 5 nitrogen and oxygen atoms in total. The van der Waals surface area contributed by atoms with Crippen LogP contribution in [0.1, 0.15) is 0 Å². The molecule has 0 aromatic carbocycles. The van der Waals surface area contributed by atoms with Gasteiger partial charge in [-0.15, -0.1) is 0 Å². The van der Waals surface area contributed by atoms with Gasteiger partial charge in [-0.1, -0.05) is 11.6 Å². The molecule has 2 aromatic rings. The van der Waals surface area contributed by atoms with Crippen LogP contribution in [0.3, 0.4) is 0 Å². The second-order valence-electron chi connectivity index (χ2n) is 2.88. The number of halogens is 1. The lowest BCUT2D eigenvalue weighted by molar-refractivity contribution is 0.768. The first-order valence-corrected chi connectivity index (χ1v) is 4.47. The first-order chi connectivity index (χ1) is 7.20. The van der Waals surface area contributed by atoms with Crippen LogP contribution in [0.15, 0.2) is 18.6 Å². The summed E-state index contributed by atoms with van der Waals surface area (Å²) in [7, 11) is 1.80. The average Bonchev–Trinajstić information content (AvgIpc) is 2.65. The summed E-state index contributed by atoms with van der Waals surface area (Å²) in [5, 5.41) is 4.16. The lowest BCUT2D eigenvalue weighted by atomic mass is 10.3. The zero-order chi connectivity index (χ0) is 10.8. The van der Waals surface area contributed by atoms with Crippen LogP contribution in [0, 0.1) is 6.57 Å². The van der Waals surface area contributed by atoms with Crippen molar-refractivity contribution in [2.45, 2.75) is 0 Å². The van der Waals surface area contributed by atoms with Crippen molar-refractivity contribution in [3.8, 4) is 11.4 Å². The standard InChI is InChI=1S/C9H6ClN5/c1-11-7-4-12-9(14-8(7)10)6-3-13-15(2)5-6/h3-5H,2H3. The van der Waals surface area contributed by atoms with E-state index in [2.05, 4.69) is 19.9 Å². The van der Waals surface area contributed by atoms with E-state index in [1.165, 1.54) is 6.20 Å². The molecule has 0 atom stereocenters. The molecule has 0 aliphatic heterocycles. The van der Waals surface area contributed by atoms with Crippen LogP contribution in [0.4, 0.5) is 5.69 Å². The van der Waals surface area contributed by atoms with Gasteiger partial charge in [0.2, 0.25) is 5.69 Å². The monoisotopic (exact) mass is 219 g/mol. The van der Waals surface area contributed by atoms with E-state index >= 15 is 0 Å². The highest BCUT2D eigenvalue weighted by Gasteiger charge is 2.07. The molecule has 0 bridgehead atoms. The number of hydrogen-bond acceptors (Lipinski definition) is 3. The lowest BCUT2D eigenvalue weighted by Crippen LogP contribution is -1.88. The summed E-state index contributed by atoms with van der Waals surface area (Å²) in [5.74, 6) is 0.473. The normalized spacial score (nSPS) is 9.93. The fraction of sp³-hybridized carbons (Fsp3) is 0.111. The number of rotatable bonds is 1. The molecule has 0 radical (unpaired) electrons. The highest BCUT2D eigenvalue weighted by molar-refractivity contribution is 6.32. The molecule has 0 aliphatic carbocycles. The number of hydrogen-bond donors (Lipinski definition) is 0. The van der Waals surface area contributed by atoms with Gasteiger partial charge in [0.05, 0.1) is 18.3 Å². The van der Waals surface area contributed by atoms with Crippen LogP contribution in [-0.2, 0) is 7.05 Å². The number of nitrogens with zero attached hydrogens (tertiary/aromatic N) is 5. The summed E-state index contributed by atoms with van der Waals surface area (Å²) in [6, 6.07) is 0.